The van der Waals surface area contributed by atoms with E-state index in [1.165, 1.54) is 10.5 Å². The average Bonchev–Trinajstić information content (AvgIpc) is 2.24. The number of benzene rings is 1. The van der Waals surface area contributed by atoms with E-state index in [0.717, 1.165) is 5.75 Å². The largest absolute Gasteiger partial charge is 0.122 e. The van der Waals surface area contributed by atoms with Crippen LogP contribution in [0.5, 0.6) is 0 Å². The van der Waals surface area contributed by atoms with Crippen LogP contribution in [0.1, 0.15) is 39.2 Å². The third-order valence-corrected chi connectivity index (χ3v) is 3.34. The van der Waals surface area contributed by atoms with E-state index in [2.05, 4.69) is 64.1 Å². The van der Waals surface area contributed by atoms with Gasteiger partial charge in [0.1, 0.15) is 0 Å². The normalized spacial score (nSPS) is 11.9. The van der Waals surface area contributed by atoms with Gasteiger partial charge in [0.05, 0.1) is 0 Å². The van der Waals surface area contributed by atoms with E-state index < -0.39 is 0 Å². The Morgan fingerprint density at radius 1 is 1.19 bits per heavy atom. The predicted octanol–water partition coefficient (Wildman–Crippen LogP) is 5.11. The highest BCUT2D eigenvalue weighted by Crippen LogP contribution is 2.23. The van der Waals surface area contributed by atoms with Crippen LogP contribution in [0.4, 0.5) is 0 Å². The molecule has 0 saturated carbocycles. The van der Waals surface area contributed by atoms with E-state index in [4.69, 9.17) is 0 Å². The van der Waals surface area contributed by atoms with Gasteiger partial charge in [-0.05, 0) is 29.5 Å². The first-order valence-corrected chi connectivity index (χ1v) is 6.97. The summed E-state index contributed by atoms with van der Waals surface area (Å²) in [6.45, 7) is 8.89. The molecule has 1 rings (SSSR count). The zero-order valence-electron chi connectivity index (χ0n) is 10.7. The number of rotatable bonds is 5. The molecule has 16 heavy (non-hydrogen) atoms. The SMILES string of the molecule is CC(C)/C=C/CSc1cccc(C(C)C)c1. The predicted molar refractivity (Wildman–Crippen MR) is 75.2 cm³/mol. The summed E-state index contributed by atoms with van der Waals surface area (Å²) in [5.74, 6) is 2.34. The fourth-order valence-electron chi connectivity index (χ4n) is 1.44. The molecule has 0 radical (unpaired) electrons. The van der Waals surface area contributed by atoms with Crippen LogP contribution in [-0.4, -0.2) is 5.75 Å². The molecule has 0 atom stereocenters. The Morgan fingerprint density at radius 3 is 2.56 bits per heavy atom. The van der Waals surface area contributed by atoms with Gasteiger partial charge in [-0.15, -0.1) is 11.8 Å². The molecule has 1 heteroatoms. The number of allylic oxidation sites excluding steroid dienone is 1. The molecule has 0 bridgehead atoms. The van der Waals surface area contributed by atoms with E-state index in [1.807, 2.05) is 11.8 Å². The highest BCUT2D eigenvalue weighted by atomic mass is 32.2. The first-order valence-electron chi connectivity index (χ1n) is 5.99. The van der Waals surface area contributed by atoms with Crippen LogP contribution in [0.3, 0.4) is 0 Å². The van der Waals surface area contributed by atoms with Crippen LogP contribution in [0.25, 0.3) is 0 Å². The molecule has 1 aromatic carbocycles. The molecule has 0 aliphatic heterocycles. The third kappa shape index (κ3) is 4.89. The van der Waals surface area contributed by atoms with E-state index in [1.54, 1.807) is 0 Å². The van der Waals surface area contributed by atoms with Crippen molar-refractivity contribution in [3.8, 4) is 0 Å². The summed E-state index contributed by atoms with van der Waals surface area (Å²) >= 11 is 1.91. The second-order valence-electron chi connectivity index (χ2n) is 4.71. The van der Waals surface area contributed by atoms with Crippen molar-refractivity contribution in [2.45, 2.75) is 38.5 Å². The van der Waals surface area contributed by atoms with Crippen molar-refractivity contribution in [1.29, 1.82) is 0 Å². The van der Waals surface area contributed by atoms with Crippen molar-refractivity contribution in [3.63, 3.8) is 0 Å². The van der Waals surface area contributed by atoms with E-state index >= 15 is 0 Å². The van der Waals surface area contributed by atoms with Gasteiger partial charge in [-0.3, -0.25) is 0 Å². The van der Waals surface area contributed by atoms with Crippen molar-refractivity contribution < 1.29 is 0 Å². The molecular formula is C15H22S. The molecule has 88 valence electrons. The zero-order chi connectivity index (χ0) is 12.0. The molecule has 0 heterocycles. The summed E-state index contributed by atoms with van der Waals surface area (Å²) in [5.41, 5.74) is 1.43. The lowest BCUT2D eigenvalue weighted by Gasteiger charge is -2.06. The second-order valence-corrected chi connectivity index (χ2v) is 5.80. The van der Waals surface area contributed by atoms with E-state index in [0.29, 0.717) is 11.8 Å². The Bertz CT molecular complexity index is 337. The topological polar surface area (TPSA) is 0 Å². The van der Waals surface area contributed by atoms with Crippen LogP contribution in [-0.2, 0) is 0 Å². The lowest BCUT2D eigenvalue weighted by molar-refractivity contribution is 0.830. The van der Waals surface area contributed by atoms with Crippen molar-refractivity contribution in [1.82, 2.24) is 0 Å². The smallest absolute Gasteiger partial charge is 0.0160 e. The van der Waals surface area contributed by atoms with Crippen molar-refractivity contribution in [2.24, 2.45) is 5.92 Å². The average molecular weight is 234 g/mol. The lowest BCUT2D eigenvalue weighted by atomic mass is 10.0. The van der Waals surface area contributed by atoms with Gasteiger partial charge in [0, 0.05) is 10.6 Å². The van der Waals surface area contributed by atoms with Gasteiger partial charge < -0.3 is 0 Å². The molecule has 0 unspecified atom stereocenters. The minimum absolute atomic E-state index is 0.617. The van der Waals surface area contributed by atoms with Crippen LogP contribution >= 0.6 is 11.8 Å². The maximum absolute atomic E-state index is 2.30. The van der Waals surface area contributed by atoms with Gasteiger partial charge in [-0.2, -0.15) is 0 Å². The van der Waals surface area contributed by atoms with Crippen LogP contribution in [0.2, 0.25) is 0 Å². The summed E-state index contributed by atoms with van der Waals surface area (Å²) < 4.78 is 0. The van der Waals surface area contributed by atoms with Gasteiger partial charge in [-0.1, -0.05) is 52.0 Å². The van der Waals surface area contributed by atoms with Crippen molar-refractivity contribution in [2.75, 3.05) is 5.75 Å². The van der Waals surface area contributed by atoms with E-state index in [9.17, 15) is 0 Å². The lowest BCUT2D eigenvalue weighted by Crippen LogP contribution is -1.87. The minimum Gasteiger partial charge on any atom is -0.122 e. The molecule has 0 amide bonds. The fraction of sp³-hybridized carbons (Fsp3) is 0.467. The molecule has 0 spiro atoms. The summed E-state index contributed by atoms with van der Waals surface area (Å²) in [4.78, 5) is 1.37. The molecule has 0 aliphatic rings. The highest BCUT2D eigenvalue weighted by molar-refractivity contribution is 7.99. The quantitative estimate of drug-likeness (QED) is 0.503. The molecule has 1 aromatic rings. The number of hydrogen-bond acceptors (Lipinski definition) is 1. The second kappa shape index (κ2) is 6.80. The van der Waals surface area contributed by atoms with Crippen molar-refractivity contribution in [3.05, 3.63) is 42.0 Å². The zero-order valence-corrected chi connectivity index (χ0v) is 11.6. The van der Waals surface area contributed by atoms with Gasteiger partial charge in [0.25, 0.3) is 0 Å². The number of thioether (sulfide) groups is 1. The van der Waals surface area contributed by atoms with Gasteiger partial charge in [0.15, 0.2) is 0 Å². The molecule has 0 saturated heterocycles. The van der Waals surface area contributed by atoms with Crippen LogP contribution in [0.15, 0.2) is 41.3 Å². The standard InChI is InChI=1S/C15H22S/c1-12(2)7-6-10-16-15-9-5-8-14(11-15)13(3)4/h5-9,11-13H,10H2,1-4H3/b7-6+. The fourth-order valence-corrected chi connectivity index (χ4v) is 2.23. The Labute approximate surface area is 104 Å². The van der Waals surface area contributed by atoms with Gasteiger partial charge in [0.2, 0.25) is 0 Å². The summed E-state index contributed by atoms with van der Waals surface area (Å²) in [6.07, 6.45) is 4.52. The monoisotopic (exact) mass is 234 g/mol. The maximum atomic E-state index is 2.30. The van der Waals surface area contributed by atoms with Crippen LogP contribution in [0, 0.1) is 5.92 Å². The summed E-state index contributed by atoms with van der Waals surface area (Å²) in [7, 11) is 0. The maximum Gasteiger partial charge on any atom is 0.0160 e. The Hall–Kier alpha value is -0.690. The van der Waals surface area contributed by atoms with Gasteiger partial charge in [-0.25, -0.2) is 0 Å². The number of hydrogen-bond donors (Lipinski definition) is 0. The first kappa shape index (κ1) is 13.4. The summed E-state index contributed by atoms with van der Waals surface area (Å²) in [5, 5.41) is 0. The molecule has 0 nitrogen and oxygen atoms in total. The summed E-state index contributed by atoms with van der Waals surface area (Å²) in [6, 6.07) is 8.86. The van der Waals surface area contributed by atoms with Crippen LogP contribution < -0.4 is 0 Å². The Kier molecular flexibility index (Phi) is 5.68. The molecule has 0 N–H and O–H groups in total. The van der Waals surface area contributed by atoms with E-state index in [-0.39, 0.29) is 0 Å². The first-order chi connectivity index (χ1) is 7.59. The minimum atomic E-state index is 0.617. The molecule has 0 aromatic heterocycles. The highest BCUT2D eigenvalue weighted by Gasteiger charge is 1.99. The molecule has 0 fully saturated rings. The van der Waals surface area contributed by atoms with Gasteiger partial charge >= 0.3 is 0 Å². The molecule has 0 aliphatic carbocycles. The van der Waals surface area contributed by atoms with Crippen molar-refractivity contribution >= 4 is 11.8 Å². The Morgan fingerprint density at radius 2 is 1.94 bits per heavy atom. The third-order valence-electron chi connectivity index (χ3n) is 2.39. The Balaban J connectivity index is 2.51. The molecular weight excluding hydrogens is 212 g/mol.